The molecule has 0 aromatic heterocycles. The van der Waals surface area contributed by atoms with E-state index in [4.69, 9.17) is 4.74 Å². The summed E-state index contributed by atoms with van der Waals surface area (Å²) in [5.41, 5.74) is 0. The second-order valence-electron chi connectivity index (χ2n) is 4.67. The molecule has 0 fully saturated rings. The van der Waals surface area contributed by atoms with Crippen molar-refractivity contribution in [3.05, 3.63) is 24.3 Å². The van der Waals surface area contributed by atoms with E-state index in [1.807, 2.05) is 6.92 Å². The van der Waals surface area contributed by atoms with Crippen molar-refractivity contribution in [3.63, 3.8) is 0 Å². The third kappa shape index (κ3) is 6.07. The molecule has 4 nitrogen and oxygen atoms in total. The number of nitrogens with one attached hydrogen (secondary N) is 1. The molecule has 0 amide bonds. The van der Waals surface area contributed by atoms with Crippen molar-refractivity contribution < 1.29 is 13.2 Å². The fourth-order valence-electron chi connectivity index (χ4n) is 1.76. The van der Waals surface area contributed by atoms with Crippen LogP contribution in [0.25, 0.3) is 0 Å². The first kappa shape index (κ1) is 16.0. The van der Waals surface area contributed by atoms with Crippen molar-refractivity contribution in [1.29, 1.82) is 0 Å². The van der Waals surface area contributed by atoms with E-state index >= 15 is 0 Å². The van der Waals surface area contributed by atoms with Gasteiger partial charge in [0.15, 0.2) is 9.84 Å². The summed E-state index contributed by atoms with van der Waals surface area (Å²) in [6, 6.07) is 6.65. The molecular weight excluding hydrogens is 262 g/mol. The van der Waals surface area contributed by atoms with E-state index < -0.39 is 9.84 Å². The van der Waals surface area contributed by atoms with Crippen LogP contribution in [0.2, 0.25) is 0 Å². The van der Waals surface area contributed by atoms with Gasteiger partial charge < -0.3 is 10.1 Å². The van der Waals surface area contributed by atoms with Crippen LogP contribution in [0.5, 0.6) is 5.75 Å². The summed E-state index contributed by atoms with van der Waals surface area (Å²) >= 11 is 0. The van der Waals surface area contributed by atoms with Crippen LogP contribution in [-0.4, -0.2) is 33.9 Å². The van der Waals surface area contributed by atoms with Crippen LogP contribution in [0.3, 0.4) is 0 Å². The fourth-order valence-corrected chi connectivity index (χ4v) is 2.42. The van der Waals surface area contributed by atoms with E-state index in [-0.39, 0.29) is 6.10 Å². The van der Waals surface area contributed by atoms with Gasteiger partial charge in [0.1, 0.15) is 5.75 Å². The molecule has 0 spiro atoms. The van der Waals surface area contributed by atoms with E-state index in [1.54, 1.807) is 24.3 Å². The molecule has 1 rings (SSSR count). The molecule has 5 heteroatoms. The number of sulfone groups is 1. The maximum Gasteiger partial charge on any atom is 0.175 e. The quantitative estimate of drug-likeness (QED) is 0.744. The van der Waals surface area contributed by atoms with Gasteiger partial charge in [-0.25, -0.2) is 8.42 Å². The largest absolute Gasteiger partial charge is 0.491 e. The molecule has 0 aliphatic rings. The molecule has 1 atom stereocenters. The second-order valence-corrected chi connectivity index (χ2v) is 6.69. The minimum Gasteiger partial charge on any atom is -0.491 e. The van der Waals surface area contributed by atoms with Crippen LogP contribution in [0.4, 0.5) is 0 Å². The minimum atomic E-state index is -3.18. The van der Waals surface area contributed by atoms with Crippen LogP contribution < -0.4 is 10.1 Å². The van der Waals surface area contributed by atoms with Crippen molar-refractivity contribution in [3.8, 4) is 5.75 Å². The van der Waals surface area contributed by atoms with Crippen molar-refractivity contribution in [2.24, 2.45) is 0 Å². The first-order chi connectivity index (χ1) is 8.93. The monoisotopic (exact) mass is 285 g/mol. The van der Waals surface area contributed by atoms with Crippen molar-refractivity contribution in [2.45, 2.75) is 37.7 Å². The zero-order chi connectivity index (χ0) is 14.3. The predicted molar refractivity (Wildman–Crippen MR) is 77.4 cm³/mol. The van der Waals surface area contributed by atoms with Gasteiger partial charge in [-0.15, -0.1) is 0 Å². The molecule has 108 valence electrons. The summed E-state index contributed by atoms with van der Waals surface area (Å²) < 4.78 is 28.6. The average Bonchev–Trinajstić information content (AvgIpc) is 2.34. The average molecular weight is 285 g/mol. The molecule has 0 bridgehead atoms. The second kappa shape index (κ2) is 7.50. The Bertz CT molecular complexity index is 485. The smallest absolute Gasteiger partial charge is 0.175 e. The maximum atomic E-state index is 11.5. The highest BCUT2D eigenvalue weighted by molar-refractivity contribution is 7.90. The molecule has 1 unspecified atom stereocenters. The molecule has 0 aliphatic heterocycles. The Kier molecular flexibility index (Phi) is 6.31. The highest BCUT2D eigenvalue weighted by Gasteiger charge is 2.09. The highest BCUT2D eigenvalue weighted by atomic mass is 32.2. The summed E-state index contributed by atoms with van der Waals surface area (Å²) in [5, 5.41) is 3.26. The molecule has 0 saturated heterocycles. The Hall–Kier alpha value is -1.07. The van der Waals surface area contributed by atoms with Gasteiger partial charge in [0.2, 0.25) is 0 Å². The van der Waals surface area contributed by atoms with Gasteiger partial charge >= 0.3 is 0 Å². The van der Waals surface area contributed by atoms with E-state index in [0.29, 0.717) is 10.6 Å². The number of benzene rings is 1. The third-order valence-corrected chi connectivity index (χ3v) is 3.90. The number of rotatable bonds is 8. The van der Waals surface area contributed by atoms with Crippen LogP contribution in [0.1, 0.15) is 26.7 Å². The summed E-state index contributed by atoms with van der Waals surface area (Å²) in [5.74, 6) is 0.610. The molecule has 0 saturated carbocycles. The summed E-state index contributed by atoms with van der Waals surface area (Å²) in [7, 11) is -3.18. The molecule has 0 aliphatic carbocycles. The predicted octanol–water partition coefficient (Wildman–Crippen LogP) is 2.25. The van der Waals surface area contributed by atoms with E-state index in [2.05, 4.69) is 12.2 Å². The molecule has 1 N–H and O–H groups in total. The van der Waals surface area contributed by atoms with Gasteiger partial charge in [-0.3, -0.25) is 0 Å². The zero-order valence-corrected chi connectivity index (χ0v) is 12.7. The van der Waals surface area contributed by atoms with Crippen molar-refractivity contribution in [2.75, 3.05) is 19.3 Å². The number of ether oxygens (including phenoxy) is 1. The van der Waals surface area contributed by atoms with Crippen molar-refractivity contribution in [1.82, 2.24) is 5.32 Å². The minimum absolute atomic E-state index is 0.0773. The fraction of sp³-hybridized carbons (Fsp3) is 0.571. The Morgan fingerprint density at radius 3 is 2.74 bits per heavy atom. The lowest BCUT2D eigenvalue weighted by molar-refractivity contribution is 0.207. The topological polar surface area (TPSA) is 55.4 Å². The molecular formula is C14H23NO3S. The van der Waals surface area contributed by atoms with Gasteiger partial charge in [-0.05, 0) is 51.1 Å². The van der Waals surface area contributed by atoms with Crippen LogP contribution in [0, 0.1) is 0 Å². The Morgan fingerprint density at radius 2 is 2.11 bits per heavy atom. The first-order valence-electron chi connectivity index (χ1n) is 6.61. The van der Waals surface area contributed by atoms with Crippen LogP contribution in [-0.2, 0) is 9.84 Å². The highest BCUT2D eigenvalue weighted by Crippen LogP contribution is 2.19. The summed E-state index contributed by atoms with van der Waals surface area (Å²) in [6.45, 7) is 6.04. The SMILES string of the molecule is CCNCCCC(C)Oc1cccc(S(C)(=O)=O)c1. The van der Waals surface area contributed by atoms with E-state index in [9.17, 15) is 8.42 Å². The van der Waals surface area contributed by atoms with Gasteiger partial charge in [-0.1, -0.05) is 13.0 Å². The molecule has 1 aromatic carbocycles. The lowest BCUT2D eigenvalue weighted by Gasteiger charge is -2.15. The summed E-state index contributed by atoms with van der Waals surface area (Å²) in [6.07, 6.45) is 3.26. The van der Waals surface area contributed by atoms with Crippen LogP contribution >= 0.6 is 0 Å². The van der Waals surface area contributed by atoms with E-state index in [0.717, 1.165) is 25.9 Å². The number of hydrogen-bond acceptors (Lipinski definition) is 4. The molecule has 1 aromatic rings. The normalized spacial score (nSPS) is 13.2. The Labute approximate surface area is 116 Å². The van der Waals surface area contributed by atoms with Crippen molar-refractivity contribution >= 4 is 9.84 Å². The Morgan fingerprint density at radius 1 is 1.37 bits per heavy atom. The maximum absolute atomic E-state index is 11.5. The van der Waals surface area contributed by atoms with Crippen LogP contribution in [0.15, 0.2) is 29.2 Å². The lowest BCUT2D eigenvalue weighted by atomic mass is 10.2. The lowest BCUT2D eigenvalue weighted by Crippen LogP contribution is -2.18. The van der Waals surface area contributed by atoms with Gasteiger partial charge in [0.25, 0.3) is 0 Å². The Balaban J connectivity index is 2.53. The molecule has 0 radical (unpaired) electrons. The standard InChI is InChI=1S/C14H23NO3S/c1-4-15-10-6-7-12(2)18-13-8-5-9-14(11-13)19(3,16)17/h5,8-9,11-12,15H,4,6-7,10H2,1-3H3. The molecule has 0 heterocycles. The van der Waals surface area contributed by atoms with E-state index in [1.165, 1.54) is 6.26 Å². The first-order valence-corrected chi connectivity index (χ1v) is 8.50. The summed E-state index contributed by atoms with van der Waals surface area (Å²) in [4.78, 5) is 0.296. The van der Waals surface area contributed by atoms with Gasteiger partial charge in [0, 0.05) is 6.26 Å². The third-order valence-electron chi connectivity index (χ3n) is 2.79. The van der Waals surface area contributed by atoms with Gasteiger partial charge in [0.05, 0.1) is 11.0 Å². The molecule has 19 heavy (non-hydrogen) atoms. The van der Waals surface area contributed by atoms with Gasteiger partial charge in [-0.2, -0.15) is 0 Å². The zero-order valence-electron chi connectivity index (χ0n) is 11.8. The number of hydrogen-bond donors (Lipinski definition) is 1.